The van der Waals surface area contributed by atoms with E-state index >= 15 is 0 Å². The number of benzene rings is 1. The van der Waals surface area contributed by atoms with Crippen LogP contribution in [0.25, 0.3) is 0 Å². The van der Waals surface area contributed by atoms with Crippen LogP contribution >= 0.6 is 11.8 Å². The molecule has 1 saturated heterocycles. The predicted octanol–water partition coefficient (Wildman–Crippen LogP) is 3.39. The first kappa shape index (κ1) is 14.9. The average Bonchev–Trinajstić information content (AvgIpc) is 2.49. The highest BCUT2D eigenvalue weighted by Gasteiger charge is 2.24. The lowest BCUT2D eigenvalue weighted by Gasteiger charge is -2.32. The molecule has 2 aliphatic heterocycles. The molecule has 1 aromatic rings. The van der Waals surface area contributed by atoms with Gasteiger partial charge in [0.05, 0.1) is 12.2 Å². The summed E-state index contributed by atoms with van der Waals surface area (Å²) in [6, 6.07) is 8.28. The van der Waals surface area contributed by atoms with Gasteiger partial charge in [0.25, 0.3) is 0 Å². The Bertz CT molecular complexity index is 483. The Labute approximate surface area is 131 Å². The predicted molar refractivity (Wildman–Crippen MR) is 89.0 cm³/mol. The highest BCUT2D eigenvalue weighted by molar-refractivity contribution is 7.99. The number of carbonyl (C=O) groups excluding carboxylic acids is 1. The van der Waals surface area contributed by atoms with Gasteiger partial charge in [-0.25, -0.2) is 0 Å². The molecule has 0 atom stereocenters. The minimum atomic E-state index is 0.267. The van der Waals surface area contributed by atoms with E-state index < -0.39 is 0 Å². The first-order valence-electron chi connectivity index (χ1n) is 8.09. The van der Waals surface area contributed by atoms with Crippen LogP contribution in [-0.2, 0) is 4.79 Å². The molecule has 2 heterocycles. The molecule has 1 aromatic carbocycles. The third kappa shape index (κ3) is 3.80. The second-order valence-corrected chi connectivity index (χ2v) is 7.04. The molecule has 4 heteroatoms. The number of fused-ring (bicyclic) bond motifs is 1. The highest BCUT2D eigenvalue weighted by atomic mass is 32.2. The minimum absolute atomic E-state index is 0.267. The fourth-order valence-electron chi connectivity index (χ4n) is 3.18. The lowest BCUT2D eigenvalue weighted by atomic mass is 10.1. The molecule has 0 bridgehead atoms. The van der Waals surface area contributed by atoms with Crippen molar-refractivity contribution in [2.24, 2.45) is 0 Å². The van der Waals surface area contributed by atoms with Gasteiger partial charge in [-0.15, -0.1) is 11.8 Å². The van der Waals surface area contributed by atoms with E-state index in [1.54, 1.807) is 0 Å². The van der Waals surface area contributed by atoms with Gasteiger partial charge in [0, 0.05) is 17.2 Å². The van der Waals surface area contributed by atoms with Crippen LogP contribution in [-0.4, -0.2) is 42.7 Å². The number of carbonyl (C=O) groups is 1. The number of para-hydroxylation sites is 1. The fourth-order valence-corrected chi connectivity index (χ4v) is 4.17. The SMILES string of the molecule is O=C(CN1CCCCCCC1)N1CCSc2ccccc21. The zero-order valence-corrected chi connectivity index (χ0v) is 13.4. The second kappa shape index (κ2) is 7.32. The lowest BCUT2D eigenvalue weighted by Crippen LogP contribution is -2.43. The van der Waals surface area contributed by atoms with Gasteiger partial charge >= 0.3 is 0 Å². The van der Waals surface area contributed by atoms with Crippen LogP contribution in [0.3, 0.4) is 0 Å². The van der Waals surface area contributed by atoms with Gasteiger partial charge in [0.2, 0.25) is 5.91 Å². The summed E-state index contributed by atoms with van der Waals surface area (Å²) in [6.07, 6.45) is 6.46. The van der Waals surface area contributed by atoms with E-state index in [2.05, 4.69) is 23.1 Å². The summed E-state index contributed by atoms with van der Waals surface area (Å²) in [7, 11) is 0. The molecule has 0 aliphatic carbocycles. The molecule has 2 aliphatic rings. The van der Waals surface area contributed by atoms with E-state index in [1.165, 1.54) is 37.0 Å². The Hall–Kier alpha value is -1.00. The Balaban J connectivity index is 1.65. The minimum Gasteiger partial charge on any atom is -0.309 e. The third-order valence-electron chi connectivity index (χ3n) is 4.34. The van der Waals surface area contributed by atoms with Crippen molar-refractivity contribution < 1.29 is 4.79 Å². The number of likely N-dealkylation sites (tertiary alicyclic amines) is 1. The van der Waals surface area contributed by atoms with Crippen molar-refractivity contribution >= 4 is 23.4 Å². The summed E-state index contributed by atoms with van der Waals surface area (Å²) in [6.45, 7) is 3.58. The molecule has 21 heavy (non-hydrogen) atoms. The highest BCUT2D eigenvalue weighted by Crippen LogP contribution is 2.34. The van der Waals surface area contributed by atoms with Crippen molar-refractivity contribution in [3.63, 3.8) is 0 Å². The number of hydrogen-bond acceptors (Lipinski definition) is 3. The summed E-state index contributed by atoms with van der Waals surface area (Å²) in [5.41, 5.74) is 1.10. The van der Waals surface area contributed by atoms with Crippen molar-refractivity contribution in [2.75, 3.05) is 36.8 Å². The third-order valence-corrected chi connectivity index (χ3v) is 5.38. The number of anilines is 1. The molecule has 1 amide bonds. The first-order chi connectivity index (χ1) is 10.3. The molecule has 0 spiro atoms. The fraction of sp³-hybridized carbons (Fsp3) is 0.588. The van der Waals surface area contributed by atoms with Gasteiger partial charge < -0.3 is 4.90 Å². The molecular formula is C17H24N2OS. The van der Waals surface area contributed by atoms with E-state index in [-0.39, 0.29) is 5.91 Å². The summed E-state index contributed by atoms with van der Waals surface area (Å²) in [5.74, 6) is 1.27. The Kier molecular flexibility index (Phi) is 5.20. The van der Waals surface area contributed by atoms with Crippen LogP contribution in [0.1, 0.15) is 32.1 Å². The van der Waals surface area contributed by atoms with Gasteiger partial charge in [0.1, 0.15) is 0 Å². The smallest absolute Gasteiger partial charge is 0.241 e. The topological polar surface area (TPSA) is 23.6 Å². The molecule has 0 saturated carbocycles. The van der Waals surface area contributed by atoms with Crippen LogP contribution in [0, 0.1) is 0 Å². The molecular weight excluding hydrogens is 280 g/mol. The molecule has 114 valence electrons. The van der Waals surface area contributed by atoms with Gasteiger partial charge in [-0.1, -0.05) is 31.4 Å². The molecule has 3 nitrogen and oxygen atoms in total. The van der Waals surface area contributed by atoms with Gasteiger partial charge in [-0.05, 0) is 38.1 Å². The Morgan fingerprint density at radius 2 is 1.71 bits per heavy atom. The van der Waals surface area contributed by atoms with E-state index in [9.17, 15) is 4.79 Å². The maximum absolute atomic E-state index is 12.7. The molecule has 0 unspecified atom stereocenters. The second-order valence-electron chi connectivity index (χ2n) is 5.91. The van der Waals surface area contributed by atoms with Crippen molar-refractivity contribution in [3.8, 4) is 0 Å². The summed E-state index contributed by atoms with van der Waals surface area (Å²) < 4.78 is 0. The molecule has 0 radical (unpaired) electrons. The number of amides is 1. The summed E-state index contributed by atoms with van der Waals surface area (Å²) >= 11 is 1.85. The van der Waals surface area contributed by atoms with Gasteiger partial charge in [0.15, 0.2) is 0 Å². The molecule has 3 rings (SSSR count). The van der Waals surface area contributed by atoms with E-state index in [0.717, 1.165) is 31.1 Å². The Morgan fingerprint density at radius 3 is 2.52 bits per heavy atom. The van der Waals surface area contributed by atoms with Crippen LogP contribution in [0.2, 0.25) is 0 Å². The Morgan fingerprint density at radius 1 is 1.00 bits per heavy atom. The van der Waals surface area contributed by atoms with Gasteiger partial charge in [-0.2, -0.15) is 0 Å². The number of nitrogens with zero attached hydrogens (tertiary/aromatic N) is 2. The van der Waals surface area contributed by atoms with E-state index in [0.29, 0.717) is 6.54 Å². The monoisotopic (exact) mass is 304 g/mol. The molecule has 1 fully saturated rings. The van der Waals surface area contributed by atoms with Crippen LogP contribution in [0.4, 0.5) is 5.69 Å². The van der Waals surface area contributed by atoms with Crippen molar-refractivity contribution in [1.29, 1.82) is 0 Å². The zero-order chi connectivity index (χ0) is 14.5. The number of thioether (sulfide) groups is 1. The first-order valence-corrected chi connectivity index (χ1v) is 9.08. The van der Waals surface area contributed by atoms with Crippen LogP contribution < -0.4 is 4.90 Å². The van der Waals surface area contributed by atoms with Crippen molar-refractivity contribution in [2.45, 2.75) is 37.0 Å². The summed E-state index contributed by atoms with van der Waals surface area (Å²) in [4.78, 5) is 18.3. The largest absolute Gasteiger partial charge is 0.309 e. The maximum atomic E-state index is 12.7. The van der Waals surface area contributed by atoms with Crippen molar-refractivity contribution in [3.05, 3.63) is 24.3 Å². The van der Waals surface area contributed by atoms with Gasteiger partial charge in [-0.3, -0.25) is 9.69 Å². The van der Waals surface area contributed by atoms with E-state index in [1.807, 2.05) is 22.7 Å². The number of rotatable bonds is 2. The quantitative estimate of drug-likeness (QED) is 0.837. The lowest BCUT2D eigenvalue weighted by molar-refractivity contribution is -0.119. The number of hydrogen-bond donors (Lipinski definition) is 0. The normalized spacial score (nSPS) is 20.5. The zero-order valence-electron chi connectivity index (χ0n) is 12.6. The van der Waals surface area contributed by atoms with Crippen molar-refractivity contribution in [1.82, 2.24) is 4.90 Å². The standard InChI is InChI=1S/C17H24N2OS/c20-17(14-18-10-6-2-1-3-7-11-18)19-12-13-21-16-9-5-4-8-15(16)19/h4-5,8-9H,1-3,6-7,10-14H2. The average molecular weight is 304 g/mol. The van der Waals surface area contributed by atoms with E-state index in [4.69, 9.17) is 0 Å². The molecule has 0 N–H and O–H groups in total. The summed E-state index contributed by atoms with van der Waals surface area (Å²) in [5, 5.41) is 0. The van der Waals surface area contributed by atoms with Crippen LogP contribution in [0.5, 0.6) is 0 Å². The molecule has 0 aromatic heterocycles. The maximum Gasteiger partial charge on any atom is 0.241 e. The van der Waals surface area contributed by atoms with Crippen LogP contribution in [0.15, 0.2) is 29.2 Å².